The summed E-state index contributed by atoms with van der Waals surface area (Å²) in [6.07, 6.45) is 0. The van der Waals surface area contributed by atoms with Crippen LogP contribution in [0.3, 0.4) is 0 Å². The van der Waals surface area contributed by atoms with E-state index < -0.39 is 0 Å². The quantitative estimate of drug-likeness (QED) is 0.426. The average Bonchev–Trinajstić information content (AvgIpc) is 3.19. The van der Waals surface area contributed by atoms with Crippen LogP contribution < -0.4 is 14.2 Å². The van der Waals surface area contributed by atoms with Crippen molar-refractivity contribution in [1.29, 1.82) is 0 Å². The summed E-state index contributed by atoms with van der Waals surface area (Å²) in [5.41, 5.74) is 3.60. The van der Waals surface area contributed by atoms with Gasteiger partial charge in [-0.3, -0.25) is 0 Å². The highest BCUT2D eigenvalue weighted by molar-refractivity contribution is 7.98. The Bertz CT molecular complexity index is 1110. The zero-order valence-electron chi connectivity index (χ0n) is 16.3. The number of fused-ring (bicyclic) bond motifs is 1. The van der Waals surface area contributed by atoms with E-state index in [1.54, 1.807) is 37.6 Å². The molecule has 0 N–H and O–H groups in total. The number of methoxy groups -OCH3 is 3. The van der Waals surface area contributed by atoms with Crippen molar-refractivity contribution in [2.75, 3.05) is 21.3 Å². The lowest BCUT2D eigenvalue weighted by Crippen LogP contribution is -1.97. The van der Waals surface area contributed by atoms with Gasteiger partial charge in [0.2, 0.25) is 5.16 Å². The Kier molecular flexibility index (Phi) is 5.53. The van der Waals surface area contributed by atoms with E-state index in [0.29, 0.717) is 11.4 Å². The van der Waals surface area contributed by atoms with E-state index in [4.69, 9.17) is 19.3 Å². The lowest BCUT2D eigenvalue weighted by molar-refractivity contribution is 0.393. The highest BCUT2D eigenvalue weighted by Crippen LogP contribution is 2.28. The summed E-state index contributed by atoms with van der Waals surface area (Å²) < 4.78 is 17.7. The van der Waals surface area contributed by atoms with Gasteiger partial charge in [0.05, 0.1) is 27.0 Å². The van der Waals surface area contributed by atoms with Gasteiger partial charge in [0.25, 0.3) is 0 Å². The molecule has 0 aliphatic heterocycles. The average molecular weight is 408 g/mol. The first-order valence-corrected chi connectivity index (χ1v) is 9.90. The molecule has 0 radical (unpaired) electrons. The first-order chi connectivity index (χ1) is 14.2. The number of thioether (sulfide) groups is 1. The van der Waals surface area contributed by atoms with Gasteiger partial charge in [-0.05, 0) is 54.1 Å². The minimum Gasteiger partial charge on any atom is -0.497 e. The summed E-state index contributed by atoms with van der Waals surface area (Å²) in [6.45, 7) is 0. The van der Waals surface area contributed by atoms with E-state index >= 15 is 0 Å². The van der Waals surface area contributed by atoms with Crippen molar-refractivity contribution in [3.63, 3.8) is 0 Å². The maximum atomic E-state index is 5.34. The summed E-state index contributed by atoms with van der Waals surface area (Å²) in [7, 11) is 4.93. The smallest absolute Gasteiger partial charge is 0.212 e. The van der Waals surface area contributed by atoms with Crippen molar-refractivity contribution in [3.8, 4) is 28.5 Å². The van der Waals surface area contributed by atoms with E-state index in [9.17, 15) is 0 Å². The Balaban J connectivity index is 1.59. The normalized spacial score (nSPS) is 10.9. The van der Waals surface area contributed by atoms with Gasteiger partial charge in [-0.1, -0.05) is 11.8 Å². The molecular weight excluding hydrogens is 388 g/mol. The molecule has 0 saturated heterocycles. The Morgan fingerprint density at radius 3 is 2.14 bits per heavy atom. The third-order valence-electron chi connectivity index (χ3n) is 4.40. The number of hydrogen-bond acceptors (Lipinski definition) is 7. The van der Waals surface area contributed by atoms with Crippen LogP contribution in [0.5, 0.6) is 17.2 Å². The third kappa shape index (κ3) is 4.12. The Morgan fingerprint density at radius 2 is 1.48 bits per heavy atom. The maximum Gasteiger partial charge on any atom is 0.212 e. The molecule has 0 saturated carbocycles. The fourth-order valence-corrected chi connectivity index (χ4v) is 3.69. The minimum absolute atomic E-state index is 0.683. The topological polar surface area (TPSA) is 70.8 Å². The minimum atomic E-state index is 0.683. The second-order valence-corrected chi connectivity index (χ2v) is 7.15. The molecule has 0 fully saturated rings. The summed E-state index contributed by atoms with van der Waals surface area (Å²) in [4.78, 5) is 0. The van der Waals surface area contributed by atoms with Crippen LogP contribution in [0, 0.1) is 0 Å². The first kappa shape index (κ1) is 19.1. The third-order valence-corrected chi connectivity index (χ3v) is 5.39. The molecule has 2 heterocycles. The largest absolute Gasteiger partial charge is 0.497 e. The fraction of sp³-hybridized carbons (Fsp3) is 0.190. The second kappa shape index (κ2) is 8.40. The second-order valence-electron chi connectivity index (χ2n) is 6.21. The number of aromatic nitrogens is 4. The molecule has 2 aromatic heterocycles. The van der Waals surface area contributed by atoms with E-state index in [1.165, 1.54) is 0 Å². The van der Waals surface area contributed by atoms with Gasteiger partial charge in [0.15, 0.2) is 5.65 Å². The van der Waals surface area contributed by atoms with E-state index in [-0.39, 0.29) is 0 Å². The molecule has 0 aliphatic carbocycles. The van der Waals surface area contributed by atoms with Crippen LogP contribution >= 0.6 is 11.8 Å². The molecule has 0 amide bonds. The van der Waals surface area contributed by atoms with Crippen molar-refractivity contribution >= 4 is 17.4 Å². The van der Waals surface area contributed by atoms with Gasteiger partial charge in [0.1, 0.15) is 17.2 Å². The predicted molar refractivity (Wildman–Crippen MR) is 112 cm³/mol. The standard InChI is InChI=1S/C21H20N4O3S/c1-26-16-6-4-15(5-7-16)19-8-9-20-22-23-21(25(20)24-19)29-13-14-10-17(27-2)12-18(11-14)28-3/h4-12H,13H2,1-3H3. The summed E-state index contributed by atoms with van der Waals surface area (Å²) >= 11 is 1.55. The Morgan fingerprint density at radius 1 is 0.793 bits per heavy atom. The molecule has 148 valence electrons. The molecule has 4 rings (SSSR count). The van der Waals surface area contributed by atoms with Crippen LogP contribution in [0.2, 0.25) is 0 Å². The van der Waals surface area contributed by atoms with E-state index in [0.717, 1.165) is 39.2 Å². The summed E-state index contributed by atoms with van der Waals surface area (Å²) in [5.74, 6) is 3.00. The van der Waals surface area contributed by atoms with Gasteiger partial charge < -0.3 is 14.2 Å². The van der Waals surface area contributed by atoms with Gasteiger partial charge >= 0.3 is 0 Å². The highest BCUT2D eigenvalue weighted by Gasteiger charge is 2.11. The molecule has 4 aromatic rings. The van der Waals surface area contributed by atoms with Crippen LogP contribution in [0.15, 0.2) is 59.8 Å². The van der Waals surface area contributed by atoms with Crippen molar-refractivity contribution < 1.29 is 14.2 Å². The molecule has 7 nitrogen and oxygen atoms in total. The maximum absolute atomic E-state index is 5.34. The van der Waals surface area contributed by atoms with Crippen LogP contribution in [-0.4, -0.2) is 41.1 Å². The van der Waals surface area contributed by atoms with Gasteiger partial charge in [0, 0.05) is 17.4 Å². The van der Waals surface area contributed by atoms with Crippen LogP contribution in [-0.2, 0) is 5.75 Å². The number of benzene rings is 2. The van der Waals surface area contributed by atoms with Gasteiger partial charge in [-0.2, -0.15) is 9.61 Å². The van der Waals surface area contributed by atoms with Gasteiger partial charge in [-0.25, -0.2) is 0 Å². The molecular formula is C21H20N4O3S. The van der Waals surface area contributed by atoms with Crippen molar-refractivity contribution in [3.05, 3.63) is 60.2 Å². The predicted octanol–water partition coefficient (Wildman–Crippen LogP) is 4.11. The molecule has 0 aliphatic rings. The number of rotatable bonds is 7. The zero-order valence-corrected chi connectivity index (χ0v) is 17.1. The van der Waals surface area contributed by atoms with Crippen LogP contribution in [0.1, 0.15) is 5.56 Å². The molecule has 29 heavy (non-hydrogen) atoms. The highest BCUT2D eigenvalue weighted by atomic mass is 32.2. The fourth-order valence-electron chi connectivity index (χ4n) is 2.87. The summed E-state index contributed by atoms with van der Waals surface area (Å²) in [5, 5.41) is 14.0. The SMILES string of the molecule is COc1ccc(-c2ccc3nnc(SCc4cc(OC)cc(OC)c4)n3n2)cc1. The molecule has 2 aromatic carbocycles. The molecule has 0 atom stereocenters. The lowest BCUT2D eigenvalue weighted by Gasteiger charge is -2.08. The van der Waals surface area contributed by atoms with E-state index in [1.807, 2.05) is 54.6 Å². The first-order valence-electron chi connectivity index (χ1n) is 8.92. The van der Waals surface area contributed by atoms with Crippen LogP contribution in [0.25, 0.3) is 16.9 Å². The monoisotopic (exact) mass is 408 g/mol. The summed E-state index contributed by atoms with van der Waals surface area (Å²) in [6, 6.07) is 17.5. The zero-order chi connectivity index (χ0) is 20.2. The molecule has 0 bridgehead atoms. The van der Waals surface area contributed by atoms with Crippen LogP contribution in [0.4, 0.5) is 0 Å². The Hall–Kier alpha value is -3.26. The van der Waals surface area contributed by atoms with Crippen molar-refractivity contribution in [1.82, 2.24) is 19.8 Å². The molecule has 0 spiro atoms. The molecule has 0 unspecified atom stereocenters. The Labute approximate surface area is 172 Å². The van der Waals surface area contributed by atoms with Gasteiger partial charge in [-0.15, -0.1) is 10.2 Å². The number of hydrogen-bond donors (Lipinski definition) is 0. The molecule has 8 heteroatoms. The van der Waals surface area contributed by atoms with Crippen molar-refractivity contribution in [2.24, 2.45) is 0 Å². The van der Waals surface area contributed by atoms with Crippen molar-refractivity contribution in [2.45, 2.75) is 10.9 Å². The lowest BCUT2D eigenvalue weighted by atomic mass is 10.1. The number of ether oxygens (including phenoxy) is 3. The number of nitrogens with zero attached hydrogens (tertiary/aromatic N) is 4. The van der Waals surface area contributed by atoms with E-state index in [2.05, 4.69) is 10.2 Å².